The molecule has 0 aliphatic carbocycles. The molecule has 0 saturated heterocycles. The van der Waals surface area contributed by atoms with Crippen molar-refractivity contribution in [1.82, 2.24) is 0 Å². The summed E-state index contributed by atoms with van der Waals surface area (Å²) in [6.07, 6.45) is 6.66. The van der Waals surface area contributed by atoms with Crippen molar-refractivity contribution in [3.63, 3.8) is 0 Å². The van der Waals surface area contributed by atoms with Crippen molar-refractivity contribution < 1.29 is 0 Å². The Labute approximate surface area is 79.3 Å². The molecule has 1 rings (SSSR count). The molecule has 0 aromatic heterocycles. The van der Waals surface area contributed by atoms with Gasteiger partial charge in [0, 0.05) is 6.08 Å². The summed E-state index contributed by atoms with van der Waals surface area (Å²) in [4.78, 5) is 0. The molecule has 66 valence electrons. The zero-order valence-electron chi connectivity index (χ0n) is 7.61. The van der Waals surface area contributed by atoms with E-state index in [-0.39, 0.29) is 0 Å². The van der Waals surface area contributed by atoms with Gasteiger partial charge in [-0.25, -0.2) is 0 Å². The zero-order chi connectivity index (χ0) is 9.36. The summed E-state index contributed by atoms with van der Waals surface area (Å²) in [5.74, 6) is 0. The lowest BCUT2D eigenvalue weighted by atomic mass is 10.1. The van der Waals surface area contributed by atoms with Gasteiger partial charge in [-0.3, -0.25) is 0 Å². The Morgan fingerprint density at radius 3 is 2.69 bits per heavy atom. The van der Waals surface area contributed by atoms with Gasteiger partial charge in [0.15, 0.2) is 0 Å². The molecular weight excluding hydrogens is 158 g/mol. The van der Waals surface area contributed by atoms with E-state index >= 15 is 0 Å². The van der Waals surface area contributed by atoms with Gasteiger partial charge < -0.3 is 0 Å². The molecule has 1 aromatic rings. The molecule has 0 fully saturated rings. The van der Waals surface area contributed by atoms with Crippen LogP contribution in [0.5, 0.6) is 0 Å². The second kappa shape index (κ2) is 6.02. The maximum absolute atomic E-state index is 8.25. The number of hydrogen-bond donors (Lipinski definition) is 0. The van der Waals surface area contributed by atoms with Gasteiger partial charge in [0.25, 0.3) is 0 Å². The number of hydrogen-bond acceptors (Lipinski definition) is 1. The van der Waals surface area contributed by atoms with Crippen LogP contribution in [0.1, 0.15) is 18.4 Å². The van der Waals surface area contributed by atoms with E-state index < -0.39 is 0 Å². The molecule has 0 aliphatic rings. The van der Waals surface area contributed by atoms with Gasteiger partial charge in [-0.1, -0.05) is 36.4 Å². The first kappa shape index (κ1) is 9.54. The fourth-order valence-electron chi connectivity index (χ4n) is 1.20. The highest BCUT2D eigenvalue weighted by Gasteiger charge is 1.88. The van der Waals surface area contributed by atoms with Crippen LogP contribution in [0.15, 0.2) is 42.5 Å². The second-order valence-electron chi connectivity index (χ2n) is 2.91. The third-order valence-corrected chi connectivity index (χ3v) is 1.87. The summed E-state index contributed by atoms with van der Waals surface area (Å²) in [6, 6.07) is 12.4. The monoisotopic (exact) mass is 171 g/mol. The van der Waals surface area contributed by atoms with Crippen molar-refractivity contribution >= 4 is 0 Å². The molecule has 0 radical (unpaired) electrons. The van der Waals surface area contributed by atoms with Gasteiger partial charge in [0.05, 0.1) is 6.07 Å². The summed E-state index contributed by atoms with van der Waals surface area (Å²) in [5.41, 5.74) is 1.37. The Morgan fingerprint density at radius 2 is 2.00 bits per heavy atom. The summed E-state index contributed by atoms with van der Waals surface area (Å²) in [5, 5.41) is 8.25. The fraction of sp³-hybridized carbons (Fsp3) is 0.250. The molecule has 1 heteroatoms. The van der Waals surface area contributed by atoms with Crippen LogP contribution >= 0.6 is 0 Å². The van der Waals surface area contributed by atoms with Gasteiger partial charge >= 0.3 is 0 Å². The molecule has 0 unspecified atom stereocenters. The number of nitrogens with zero attached hydrogens (tertiary/aromatic N) is 1. The van der Waals surface area contributed by atoms with Crippen LogP contribution < -0.4 is 0 Å². The number of nitriles is 1. The van der Waals surface area contributed by atoms with E-state index in [1.807, 2.05) is 18.2 Å². The molecule has 0 saturated carbocycles. The molecule has 0 spiro atoms. The van der Waals surface area contributed by atoms with E-state index in [9.17, 15) is 0 Å². The first-order chi connectivity index (χ1) is 6.43. The molecule has 13 heavy (non-hydrogen) atoms. The van der Waals surface area contributed by atoms with Gasteiger partial charge in [-0.2, -0.15) is 5.26 Å². The second-order valence-corrected chi connectivity index (χ2v) is 2.91. The quantitative estimate of drug-likeness (QED) is 0.504. The van der Waals surface area contributed by atoms with Crippen LogP contribution in [-0.2, 0) is 6.42 Å². The Kier molecular flexibility index (Phi) is 4.42. The van der Waals surface area contributed by atoms with E-state index in [1.165, 1.54) is 5.56 Å². The minimum absolute atomic E-state index is 0.989. The van der Waals surface area contributed by atoms with Gasteiger partial charge in [0.2, 0.25) is 0 Å². The molecule has 0 atom stereocenters. The van der Waals surface area contributed by atoms with Crippen molar-refractivity contribution in [3.05, 3.63) is 48.0 Å². The molecule has 0 aliphatic heterocycles. The Morgan fingerprint density at radius 1 is 1.23 bits per heavy atom. The minimum atomic E-state index is 0.989. The average Bonchev–Trinajstić information content (AvgIpc) is 2.19. The first-order valence-electron chi connectivity index (χ1n) is 4.52. The molecular formula is C12H13N. The number of aryl methyl sites for hydroxylation is 1. The van der Waals surface area contributed by atoms with E-state index in [1.54, 1.807) is 6.08 Å². The largest absolute Gasteiger partial charge is 0.193 e. The smallest absolute Gasteiger partial charge is 0.0908 e. The van der Waals surface area contributed by atoms with Gasteiger partial charge in [0.1, 0.15) is 0 Å². The topological polar surface area (TPSA) is 23.8 Å². The molecule has 0 bridgehead atoms. The lowest BCUT2D eigenvalue weighted by molar-refractivity contribution is 0.843. The van der Waals surface area contributed by atoms with Gasteiger partial charge in [-0.05, 0) is 24.8 Å². The molecule has 1 aromatic carbocycles. The highest BCUT2D eigenvalue weighted by atomic mass is 14.2. The van der Waals surface area contributed by atoms with E-state index in [4.69, 9.17) is 5.26 Å². The number of allylic oxidation sites excluding steroid dienone is 2. The van der Waals surface area contributed by atoms with Crippen LogP contribution in [0.2, 0.25) is 0 Å². The van der Waals surface area contributed by atoms with Crippen LogP contribution in [-0.4, -0.2) is 0 Å². The summed E-state index contributed by atoms with van der Waals surface area (Å²) in [7, 11) is 0. The van der Waals surface area contributed by atoms with Crippen molar-refractivity contribution in [2.24, 2.45) is 0 Å². The van der Waals surface area contributed by atoms with Crippen LogP contribution in [0.4, 0.5) is 0 Å². The number of rotatable bonds is 4. The maximum atomic E-state index is 8.25. The molecule has 0 N–H and O–H groups in total. The standard InChI is InChI=1S/C12H13N/c13-11-7-2-1-4-8-12-9-5-3-6-10-12/h2-3,5-7,9-10H,1,4,8H2. The van der Waals surface area contributed by atoms with Crippen LogP contribution in [0.3, 0.4) is 0 Å². The molecule has 1 nitrogen and oxygen atoms in total. The number of benzene rings is 1. The van der Waals surface area contributed by atoms with Crippen molar-refractivity contribution in [1.29, 1.82) is 5.26 Å². The van der Waals surface area contributed by atoms with E-state index in [2.05, 4.69) is 24.3 Å². The number of unbranched alkanes of at least 4 members (excludes halogenated alkanes) is 1. The molecule has 0 amide bonds. The Bertz CT molecular complexity index is 293. The van der Waals surface area contributed by atoms with Crippen molar-refractivity contribution in [3.8, 4) is 6.07 Å². The Balaban J connectivity index is 2.21. The Hall–Kier alpha value is -1.55. The lowest BCUT2D eigenvalue weighted by Crippen LogP contribution is -1.82. The third-order valence-electron chi connectivity index (χ3n) is 1.87. The summed E-state index contributed by atoms with van der Waals surface area (Å²) in [6.45, 7) is 0. The predicted octanol–water partition coefficient (Wildman–Crippen LogP) is 3.09. The first-order valence-corrected chi connectivity index (χ1v) is 4.52. The highest BCUT2D eigenvalue weighted by molar-refractivity contribution is 5.14. The van der Waals surface area contributed by atoms with Crippen molar-refractivity contribution in [2.45, 2.75) is 19.3 Å². The average molecular weight is 171 g/mol. The third kappa shape index (κ3) is 4.12. The zero-order valence-corrected chi connectivity index (χ0v) is 7.61. The minimum Gasteiger partial charge on any atom is -0.193 e. The molecule has 0 heterocycles. The maximum Gasteiger partial charge on any atom is 0.0908 e. The predicted molar refractivity (Wildman–Crippen MR) is 54.1 cm³/mol. The lowest BCUT2D eigenvalue weighted by Gasteiger charge is -1.97. The van der Waals surface area contributed by atoms with E-state index in [0.29, 0.717) is 0 Å². The fourth-order valence-corrected chi connectivity index (χ4v) is 1.20. The summed E-state index contributed by atoms with van der Waals surface area (Å²) >= 11 is 0. The van der Waals surface area contributed by atoms with Crippen LogP contribution in [0, 0.1) is 11.3 Å². The van der Waals surface area contributed by atoms with Gasteiger partial charge in [-0.15, -0.1) is 0 Å². The van der Waals surface area contributed by atoms with Crippen LogP contribution in [0.25, 0.3) is 0 Å². The normalized spacial score (nSPS) is 10.1. The SMILES string of the molecule is N#CC=CCCCc1ccccc1. The highest BCUT2D eigenvalue weighted by Crippen LogP contribution is 2.04. The summed E-state index contributed by atoms with van der Waals surface area (Å²) < 4.78 is 0. The van der Waals surface area contributed by atoms with E-state index in [0.717, 1.165) is 19.3 Å². The van der Waals surface area contributed by atoms with Crippen molar-refractivity contribution in [2.75, 3.05) is 0 Å².